The SMILES string of the molecule is Cc1ccc(C(=O)O)c(C)c1.[Cu]. The quantitative estimate of drug-likeness (QED) is 0.725. The zero-order valence-corrected chi connectivity index (χ0v) is 7.83. The zero-order valence-electron chi connectivity index (χ0n) is 6.89. The van der Waals surface area contributed by atoms with Gasteiger partial charge in [0, 0.05) is 17.1 Å². The minimum Gasteiger partial charge on any atom is -0.478 e. The minimum absolute atomic E-state index is 0. The number of hydrogen-bond acceptors (Lipinski definition) is 1. The fourth-order valence-electron chi connectivity index (χ4n) is 1.05. The summed E-state index contributed by atoms with van der Waals surface area (Å²) in [4.78, 5) is 10.5. The maximum atomic E-state index is 10.5. The van der Waals surface area contributed by atoms with Crippen LogP contribution in [0.1, 0.15) is 21.5 Å². The second-order valence-corrected chi connectivity index (χ2v) is 2.62. The molecule has 1 aromatic carbocycles. The van der Waals surface area contributed by atoms with Crippen LogP contribution in [0.4, 0.5) is 0 Å². The Labute approximate surface area is 82.1 Å². The molecule has 0 spiro atoms. The number of benzene rings is 1. The molecular formula is C9H10CuO2. The van der Waals surface area contributed by atoms with Crippen molar-refractivity contribution < 1.29 is 27.0 Å². The minimum atomic E-state index is -0.859. The van der Waals surface area contributed by atoms with Crippen LogP contribution < -0.4 is 0 Å². The molecular weight excluding hydrogens is 204 g/mol. The standard InChI is InChI=1S/C9H10O2.Cu/c1-6-3-4-8(9(10)11)7(2)5-6;/h3-5H,1-2H3,(H,10,11);. The topological polar surface area (TPSA) is 37.3 Å². The molecule has 3 heteroatoms. The zero-order chi connectivity index (χ0) is 8.43. The summed E-state index contributed by atoms with van der Waals surface area (Å²) in [5.74, 6) is -0.859. The van der Waals surface area contributed by atoms with Crippen molar-refractivity contribution in [3.05, 3.63) is 34.9 Å². The Kier molecular flexibility index (Phi) is 4.01. The Morgan fingerprint density at radius 2 is 1.92 bits per heavy atom. The molecule has 1 N–H and O–H groups in total. The van der Waals surface area contributed by atoms with Crippen molar-refractivity contribution in [2.24, 2.45) is 0 Å². The molecule has 0 atom stereocenters. The average molecular weight is 214 g/mol. The molecule has 0 aliphatic rings. The van der Waals surface area contributed by atoms with E-state index in [2.05, 4.69) is 0 Å². The Bertz CT molecular complexity index is 295. The normalized spacial score (nSPS) is 8.83. The molecule has 0 aliphatic heterocycles. The summed E-state index contributed by atoms with van der Waals surface area (Å²) in [6.07, 6.45) is 0. The molecule has 0 bridgehead atoms. The monoisotopic (exact) mass is 213 g/mol. The van der Waals surface area contributed by atoms with Crippen LogP contribution in [-0.4, -0.2) is 11.1 Å². The first kappa shape index (κ1) is 11.2. The molecule has 2 nitrogen and oxygen atoms in total. The summed E-state index contributed by atoms with van der Waals surface area (Å²) in [5.41, 5.74) is 2.29. The third kappa shape index (κ3) is 2.36. The molecule has 0 fully saturated rings. The number of aryl methyl sites for hydroxylation is 2. The molecule has 0 unspecified atom stereocenters. The van der Waals surface area contributed by atoms with Crippen LogP contribution in [0, 0.1) is 13.8 Å². The van der Waals surface area contributed by atoms with E-state index in [0.29, 0.717) is 5.56 Å². The number of rotatable bonds is 1. The van der Waals surface area contributed by atoms with Gasteiger partial charge in [-0.05, 0) is 25.5 Å². The van der Waals surface area contributed by atoms with Gasteiger partial charge in [0.15, 0.2) is 0 Å². The number of carboxylic acids is 1. The molecule has 1 rings (SSSR count). The van der Waals surface area contributed by atoms with E-state index in [-0.39, 0.29) is 17.1 Å². The van der Waals surface area contributed by atoms with Crippen molar-refractivity contribution in [3.63, 3.8) is 0 Å². The third-order valence-corrected chi connectivity index (χ3v) is 1.61. The van der Waals surface area contributed by atoms with E-state index >= 15 is 0 Å². The third-order valence-electron chi connectivity index (χ3n) is 1.61. The number of aromatic carboxylic acids is 1. The van der Waals surface area contributed by atoms with Crippen LogP contribution in [0.3, 0.4) is 0 Å². The molecule has 0 aromatic heterocycles. The van der Waals surface area contributed by atoms with Gasteiger partial charge in [-0.3, -0.25) is 0 Å². The van der Waals surface area contributed by atoms with Crippen LogP contribution in [0.15, 0.2) is 18.2 Å². The van der Waals surface area contributed by atoms with Gasteiger partial charge in [-0.1, -0.05) is 17.7 Å². The van der Waals surface area contributed by atoms with E-state index in [9.17, 15) is 4.79 Å². The Morgan fingerprint density at radius 3 is 2.33 bits per heavy atom. The molecule has 0 saturated carbocycles. The van der Waals surface area contributed by atoms with Gasteiger partial charge in [0.05, 0.1) is 5.56 Å². The average Bonchev–Trinajstić information content (AvgIpc) is 1.85. The first-order chi connectivity index (χ1) is 5.11. The van der Waals surface area contributed by atoms with Crippen LogP contribution in [0.2, 0.25) is 0 Å². The molecule has 69 valence electrons. The van der Waals surface area contributed by atoms with Gasteiger partial charge in [0.1, 0.15) is 0 Å². The van der Waals surface area contributed by atoms with Crippen molar-refractivity contribution in [2.75, 3.05) is 0 Å². The summed E-state index contributed by atoms with van der Waals surface area (Å²) in [6, 6.07) is 5.30. The molecule has 1 radical (unpaired) electrons. The summed E-state index contributed by atoms with van der Waals surface area (Å²) in [7, 11) is 0. The Balaban J connectivity index is 0.00000121. The largest absolute Gasteiger partial charge is 0.478 e. The maximum absolute atomic E-state index is 10.5. The number of carbonyl (C=O) groups is 1. The van der Waals surface area contributed by atoms with Crippen LogP contribution in [-0.2, 0) is 17.1 Å². The first-order valence-corrected chi connectivity index (χ1v) is 3.42. The molecule has 0 saturated heterocycles. The summed E-state index contributed by atoms with van der Waals surface area (Å²) < 4.78 is 0. The number of carboxylic acid groups (broad SMARTS) is 1. The number of hydrogen-bond donors (Lipinski definition) is 1. The van der Waals surface area contributed by atoms with Gasteiger partial charge >= 0.3 is 5.97 Å². The first-order valence-electron chi connectivity index (χ1n) is 3.42. The Morgan fingerprint density at radius 1 is 1.33 bits per heavy atom. The second kappa shape index (κ2) is 4.29. The van der Waals surface area contributed by atoms with Crippen LogP contribution in [0.25, 0.3) is 0 Å². The molecule has 0 amide bonds. The van der Waals surface area contributed by atoms with Crippen LogP contribution in [0.5, 0.6) is 0 Å². The van der Waals surface area contributed by atoms with Crippen molar-refractivity contribution in [2.45, 2.75) is 13.8 Å². The van der Waals surface area contributed by atoms with Crippen molar-refractivity contribution in [3.8, 4) is 0 Å². The second-order valence-electron chi connectivity index (χ2n) is 2.62. The summed E-state index contributed by atoms with van der Waals surface area (Å²) in [5, 5.41) is 8.66. The van der Waals surface area contributed by atoms with E-state index < -0.39 is 5.97 Å². The Hall–Kier alpha value is -0.791. The van der Waals surface area contributed by atoms with E-state index in [4.69, 9.17) is 5.11 Å². The predicted molar refractivity (Wildman–Crippen MR) is 42.9 cm³/mol. The fraction of sp³-hybridized carbons (Fsp3) is 0.222. The summed E-state index contributed by atoms with van der Waals surface area (Å²) >= 11 is 0. The van der Waals surface area contributed by atoms with Gasteiger partial charge in [0.2, 0.25) is 0 Å². The molecule has 0 heterocycles. The van der Waals surface area contributed by atoms with Gasteiger partial charge in [-0.15, -0.1) is 0 Å². The summed E-state index contributed by atoms with van der Waals surface area (Å²) in [6.45, 7) is 3.75. The van der Waals surface area contributed by atoms with Crippen LogP contribution >= 0.6 is 0 Å². The van der Waals surface area contributed by atoms with Gasteiger partial charge in [-0.2, -0.15) is 0 Å². The van der Waals surface area contributed by atoms with Crippen molar-refractivity contribution >= 4 is 5.97 Å². The smallest absolute Gasteiger partial charge is 0.335 e. The van der Waals surface area contributed by atoms with Gasteiger partial charge in [-0.25, -0.2) is 4.79 Å². The fourth-order valence-corrected chi connectivity index (χ4v) is 1.05. The molecule has 0 aliphatic carbocycles. The van der Waals surface area contributed by atoms with Crippen molar-refractivity contribution in [1.82, 2.24) is 0 Å². The predicted octanol–water partition coefficient (Wildman–Crippen LogP) is 2.00. The van der Waals surface area contributed by atoms with Gasteiger partial charge in [0.25, 0.3) is 0 Å². The van der Waals surface area contributed by atoms with E-state index in [1.807, 2.05) is 13.0 Å². The van der Waals surface area contributed by atoms with E-state index in [1.165, 1.54) is 0 Å². The van der Waals surface area contributed by atoms with Crippen molar-refractivity contribution in [1.29, 1.82) is 0 Å². The molecule has 1 aromatic rings. The van der Waals surface area contributed by atoms with E-state index in [1.54, 1.807) is 19.1 Å². The van der Waals surface area contributed by atoms with E-state index in [0.717, 1.165) is 11.1 Å². The van der Waals surface area contributed by atoms with Gasteiger partial charge < -0.3 is 5.11 Å². The maximum Gasteiger partial charge on any atom is 0.335 e. The molecule has 12 heavy (non-hydrogen) atoms.